The molecule has 0 saturated heterocycles. The molecule has 0 heterocycles. The molecule has 32 heavy (non-hydrogen) atoms. The van der Waals surface area contributed by atoms with Crippen molar-refractivity contribution in [2.24, 2.45) is 5.10 Å². The quantitative estimate of drug-likeness (QED) is 0.339. The maximum atomic E-state index is 12.1. The molecule has 0 fully saturated rings. The lowest BCUT2D eigenvalue weighted by Gasteiger charge is -2.11. The normalized spacial score (nSPS) is 10.8. The Morgan fingerprint density at radius 3 is 2.44 bits per heavy atom. The number of hydrazone groups is 1. The Bertz CT molecular complexity index is 1050. The van der Waals surface area contributed by atoms with Gasteiger partial charge >= 0.3 is 0 Å². The third kappa shape index (κ3) is 7.46. The van der Waals surface area contributed by atoms with Gasteiger partial charge in [0, 0.05) is 5.75 Å². The Morgan fingerprint density at radius 1 is 0.969 bits per heavy atom. The summed E-state index contributed by atoms with van der Waals surface area (Å²) in [7, 11) is 1.60. The van der Waals surface area contributed by atoms with Crippen LogP contribution in [0.25, 0.3) is 0 Å². The predicted octanol–water partition coefficient (Wildman–Crippen LogP) is 5.27. The zero-order valence-electron chi connectivity index (χ0n) is 18.6. The lowest BCUT2D eigenvalue weighted by molar-refractivity contribution is -0.118. The summed E-state index contributed by atoms with van der Waals surface area (Å²) in [5, 5.41) is 4.06. The van der Waals surface area contributed by atoms with Crippen LogP contribution in [-0.2, 0) is 17.2 Å². The second-order valence-corrected chi connectivity index (χ2v) is 8.45. The van der Waals surface area contributed by atoms with E-state index in [2.05, 4.69) is 42.6 Å². The summed E-state index contributed by atoms with van der Waals surface area (Å²) in [6.07, 6.45) is 1.59. The summed E-state index contributed by atoms with van der Waals surface area (Å²) >= 11 is 1.57. The van der Waals surface area contributed by atoms with Gasteiger partial charge in [-0.25, -0.2) is 5.43 Å². The molecule has 0 aliphatic rings. The highest BCUT2D eigenvalue weighted by atomic mass is 32.2. The largest absolute Gasteiger partial charge is 0.493 e. The summed E-state index contributed by atoms with van der Waals surface area (Å²) in [5.74, 6) is 2.27. The molecular weight excluding hydrogens is 420 g/mol. The first-order valence-electron chi connectivity index (χ1n) is 10.3. The third-order valence-electron chi connectivity index (χ3n) is 4.61. The van der Waals surface area contributed by atoms with Crippen LogP contribution in [0.4, 0.5) is 0 Å². The van der Waals surface area contributed by atoms with E-state index in [0.717, 1.165) is 16.9 Å². The number of benzene rings is 3. The van der Waals surface area contributed by atoms with E-state index in [4.69, 9.17) is 9.47 Å². The van der Waals surface area contributed by atoms with Gasteiger partial charge in [0.05, 0.1) is 19.1 Å². The van der Waals surface area contributed by atoms with Crippen molar-refractivity contribution in [2.75, 3.05) is 12.9 Å². The lowest BCUT2D eigenvalue weighted by atomic mass is 10.1. The highest BCUT2D eigenvalue weighted by Crippen LogP contribution is 2.28. The number of nitrogens with zero attached hydrogens (tertiary/aromatic N) is 1. The number of methoxy groups -OCH3 is 1. The van der Waals surface area contributed by atoms with Gasteiger partial charge < -0.3 is 9.47 Å². The van der Waals surface area contributed by atoms with E-state index in [0.29, 0.717) is 23.9 Å². The van der Waals surface area contributed by atoms with Crippen molar-refractivity contribution >= 4 is 23.9 Å². The zero-order chi connectivity index (χ0) is 22.8. The molecule has 6 heteroatoms. The van der Waals surface area contributed by atoms with Crippen LogP contribution in [-0.4, -0.2) is 25.0 Å². The van der Waals surface area contributed by atoms with Crippen molar-refractivity contribution in [3.63, 3.8) is 0 Å². The zero-order valence-corrected chi connectivity index (χ0v) is 19.4. The molecule has 0 spiro atoms. The van der Waals surface area contributed by atoms with Gasteiger partial charge in [0.2, 0.25) is 5.91 Å². The minimum absolute atomic E-state index is 0.134. The molecule has 0 bridgehead atoms. The average Bonchev–Trinajstić information content (AvgIpc) is 2.78. The minimum atomic E-state index is -0.134. The molecule has 3 rings (SSSR count). The fourth-order valence-electron chi connectivity index (χ4n) is 3.24. The van der Waals surface area contributed by atoms with E-state index in [1.165, 1.54) is 16.7 Å². The van der Waals surface area contributed by atoms with E-state index < -0.39 is 0 Å². The average molecular weight is 449 g/mol. The Hall–Kier alpha value is -3.25. The number of hydrogen-bond acceptors (Lipinski definition) is 5. The number of carbonyl (C=O) groups is 1. The molecule has 0 saturated carbocycles. The van der Waals surface area contributed by atoms with Crippen molar-refractivity contribution < 1.29 is 14.3 Å². The Labute approximate surface area is 193 Å². The molecule has 1 N–H and O–H groups in total. The third-order valence-corrected chi connectivity index (χ3v) is 5.61. The maximum Gasteiger partial charge on any atom is 0.250 e. The van der Waals surface area contributed by atoms with E-state index >= 15 is 0 Å². The predicted molar refractivity (Wildman–Crippen MR) is 132 cm³/mol. The first kappa shape index (κ1) is 23.4. The van der Waals surface area contributed by atoms with Crippen LogP contribution < -0.4 is 14.9 Å². The molecule has 0 unspecified atom stereocenters. The van der Waals surface area contributed by atoms with Crippen molar-refractivity contribution in [1.82, 2.24) is 5.43 Å². The molecule has 1 amide bonds. The Morgan fingerprint density at radius 2 is 1.72 bits per heavy atom. The number of hydrogen-bond donors (Lipinski definition) is 1. The van der Waals surface area contributed by atoms with Gasteiger partial charge in [-0.05, 0) is 48.7 Å². The van der Waals surface area contributed by atoms with E-state index in [-0.39, 0.29) is 5.91 Å². The van der Waals surface area contributed by atoms with Gasteiger partial charge in [-0.1, -0.05) is 59.7 Å². The van der Waals surface area contributed by atoms with Crippen LogP contribution in [0.5, 0.6) is 11.5 Å². The maximum absolute atomic E-state index is 12.1. The van der Waals surface area contributed by atoms with Gasteiger partial charge in [-0.2, -0.15) is 5.10 Å². The first-order chi connectivity index (χ1) is 15.5. The standard InChI is InChI=1S/C26H28N2O3S/c1-19-11-20(2)13-23(12-19)17-32-18-26(29)28-27-15-22-9-10-24(25(14-22)30-3)31-16-21-7-5-4-6-8-21/h4-15H,16-18H2,1-3H3,(H,28,29)/b27-15+. The van der Waals surface area contributed by atoms with Gasteiger partial charge in [0.1, 0.15) is 6.61 Å². The number of carbonyl (C=O) groups excluding carboxylic acids is 1. The van der Waals surface area contributed by atoms with Crippen molar-refractivity contribution in [2.45, 2.75) is 26.2 Å². The number of thioether (sulfide) groups is 1. The lowest BCUT2D eigenvalue weighted by Crippen LogP contribution is -2.19. The molecule has 3 aromatic carbocycles. The minimum Gasteiger partial charge on any atom is -0.493 e. The SMILES string of the molecule is COc1cc(/C=N/NC(=O)CSCc2cc(C)cc(C)c2)ccc1OCc1ccccc1. The van der Waals surface area contributed by atoms with Crippen LogP contribution in [0.1, 0.15) is 27.8 Å². The van der Waals surface area contributed by atoms with Crippen LogP contribution in [0, 0.1) is 13.8 Å². The fraction of sp³-hybridized carbons (Fsp3) is 0.231. The smallest absolute Gasteiger partial charge is 0.250 e. The fourth-order valence-corrected chi connectivity index (χ4v) is 4.00. The highest BCUT2D eigenvalue weighted by Gasteiger charge is 2.06. The molecule has 0 aromatic heterocycles. The Balaban J connectivity index is 1.47. The summed E-state index contributed by atoms with van der Waals surface area (Å²) in [4.78, 5) is 12.1. The van der Waals surface area contributed by atoms with E-state index in [1.54, 1.807) is 25.1 Å². The number of amides is 1. The van der Waals surface area contributed by atoms with Crippen LogP contribution in [0.2, 0.25) is 0 Å². The summed E-state index contributed by atoms with van der Waals surface area (Å²) in [6, 6.07) is 21.9. The number of nitrogens with one attached hydrogen (secondary N) is 1. The first-order valence-corrected chi connectivity index (χ1v) is 11.5. The van der Waals surface area contributed by atoms with Gasteiger partial charge in [-0.3, -0.25) is 4.79 Å². The summed E-state index contributed by atoms with van der Waals surface area (Å²) in [5.41, 5.74) is 8.16. The van der Waals surface area contributed by atoms with Crippen molar-refractivity contribution in [3.8, 4) is 11.5 Å². The number of aryl methyl sites for hydroxylation is 2. The second kappa shape index (κ2) is 12.0. The monoisotopic (exact) mass is 448 g/mol. The molecule has 3 aromatic rings. The molecule has 0 atom stereocenters. The molecular formula is C26H28N2O3S. The van der Waals surface area contributed by atoms with Gasteiger partial charge in [0.25, 0.3) is 0 Å². The van der Waals surface area contributed by atoms with Crippen LogP contribution in [0.3, 0.4) is 0 Å². The van der Waals surface area contributed by atoms with Crippen molar-refractivity contribution in [3.05, 3.63) is 94.5 Å². The summed E-state index contributed by atoms with van der Waals surface area (Å²) < 4.78 is 11.3. The van der Waals surface area contributed by atoms with Crippen molar-refractivity contribution in [1.29, 1.82) is 0 Å². The molecule has 0 radical (unpaired) electrons. The van der Waals surface area contributed by atoms with Gasteiger partial charge in [-0.15, -0.1) is 11.8 Å². The number of rotatable bonds is 10. The molecule has 5 nitrogen and oxygen atoms in total. The Kier molecular flexibility index (Phi) is 8.75. The second-order valence-electron chi connectivity index (χ2n) is 7.47. The number of ether oxygens (including phenoxy) is 2. The topological polar surface area (TPSA) is 59.9 Å². The summed E-state index contributed by atoms with van der Waals surface area (Å²) in [6.45, 7) is 4.62. The molecule has 166 valence electrons. The molecule has 0 aliphatic heterocycles. The van der Waals surface area contributed by atoms with E-state index in [1.807, 2.05) is 48.5 Å². The van der Waals surface area contributed by atoms with Crippen LogP contribution >= 0.6 is 11.8 Å². The highest BCUT2D eigenvalue weighted by molar-refractivity contribution is 7.99. The van der Waals surface area contributed by atoms with E-state index in [9.17, 15) is 4.79 Å². The van der Waals surface area contributed by atoms with Crippen LogP contribution in [0.15, 0.2) is 71.8 Å². The van der Waals surface area contributed by atoms with Gasteiger partial charge in [0.15, 0.2) is 11.5 Å². The molecule has 0 aliphatic carbocycles.